The SMILES string of the molecule is CC(=O)N1CCC(c2ccc(C(=O)NS(=O)(=O)c3cccc(N)n3)c(N3C[C@@H](C)CC3(C)C)n2)CC1. The van der Waals surface area contributed by atoms with Crippen LogP contribution in [-0.2, 0) is 14.8 Å². The fourth-order valence-electron chi connectivity index (χ4n) is 5.33. The minimum atomic E-state index is -4.23. The molecule has 3 N–H and O–H groups in total. The Morgan fingerprint density at radius 1 is 1.11 bits per heavy atom. The molecule has 11 heteroatoms. The Labute approximate surface area is 212 Å². The smallest absolute Gasteiger partial charge is 0.281 e. The van der Waals surface area contributed by atoms with Crippen LogP contribution in [0.25, 0.3) is 0 Å². The average molecular weight is 515 g/mol. The van der Waals surface area contributed by atoms with E-state index < -0.39 is 15.9 Å². The van der Waals surface area contributed by atoms with Crippen molar-refractivity contribution in [2.24, 2.45) is 5.92 Å². The van der Waals surface area contributed by atoms with Gasteiger partial charge in [-0.05, 0) is 63.3 Å². The zero-order valence-electron chi connectivity index (χ0n) is 21.2. The van der Waals surface area contributed by atoms with Crippen molar-refractivity contribution in [1.82, 2.24) is 19.6 Å². The van der Waals surface area contributed by atoms with Crippen LogP contribution >= 0.6 is 0 Å². The summed E-state index contributed by atoms with van der Waals surface area (Å²) >= 11 is 0. The van der Waals surface area contributed by atoms with Gasteiger partial charge in [0.1, 0.15) is 11.6 Å². The topological polar surface area (TPSA) is 139 Å². The molecule has 2 amide bonds. The van der Waals surface area contributed by atoms with E-state index >= 15 is 0 Å². The Bertz CT molecular complexity index is 1270. The molecule has 194 valence electrons. The molecular weight excluding hydrogens is 480 g/mol. The average Bonchev–Trinajstić information content (AvgIpc) is 3.10. The second-order valence-electron chi connectivity index (χ2n) is 10.5. The molecule has 2 aliphatic heterocycles. The number of amides is 2. The van der Waals surface area contributed by atoms with Crippen molar-refractivity contribution in [3.8, 4) is 0 Å². The van der Waals surface area contributed by atoms with Gasteiger partial charge in [0, 0.05) is 43.7 Å². The van der Waals surface area contributed by atoms with E-state index in [9.17, 15) is 18.0 Å². The number of nitrogens with two attached hydrogens (primary N) is 1. The van der Waals surface area contributed by atoms with Crippen molar-refractivity contribution in [2.45, 2.75) is 63.4 Å². The number of nitrogen functional groups attached to an aromatic ring is 1. The molecule has 2 fully saturated rings. The molecule has 0 spiro atoms. The predicted octanol–water partition coefficient (Wildman–Crippen LogP) is 2.53. The number of likely N-dealkylation sites (tertiary alicyclic amines) is 1. The number of piperidine rings is 1. The first kappa shape index (κ1) is 25.9. The molecule has 0 aliphatic carbocycles. The molecule has 10 nitrogen and oxygen atoms in total. The summed E-state index contributed by atoms with van der Waals surface area (Å²) in [6, 6.07) is 7.68. The highest BCUT2D eigenvalue weighted by Crippen LogP contribution is 2.38. The van der Waals surface area contributed by atoms with E-state index in [1.165, 1.54) is 18.2 Å². The van der Waals surface area contributed by atoms with Crippen molar-refractivity contribution in [3.05, 3.63) is 41.6 Å². The third kappa shape index (κ3) is 5.30. The first-order valence-corrected chi connectivity index (χ1v) is 13.7. The Hall–Kier alpha value is -3.21. The second-order valence-corrected chi connectivity index (χ2v) is 12.1. The molecule has 0 aromatic carbocycles. The van der Waals surface area contributed by atoms with E-state index in [0.29, 0.717) is 31.4 Å². The van der Waals surface area contributed by atoms with Crippen LogP contribution in [-0.4, -0.2) is 60.3 Å². The van der Waals surface area contributed by atoms with E-state index in [4.69, 9.17) is 10.7 Å². The predicted molar refractivity (Wildman–Crippen MR) is 137 cm³/mol. The second kappa shape index (κ2) is 9.68. The lowest BCUT2D eigenvalue weighted by molar-refractivity contribution is -0.129. The zero-order chi connectivity index (χ0) is 26.3. The number of pyridine rings is 2. The molecule has 2 aliphatic rings. The van der Waals surface area contributed by atoms with E-state index in [2.05, 4.69) is 35.4 Å². The summed E-state index contributed by atoms with van der Waals surface area (Å²) < 4.78 is 27.9. The van der Waals surface area contributed by atoms with Gasteiger partial charge in [-0.3, -0.25) is 9.59 Å². The van der Waals surface area contributed by atoms with Crippen molar-refractivity contribution >= 4 is 33.5 Å². The zero-order valence-corrected chi connectivity index (χ0v) is 22.0. The first-order valence-electron chi connectivity index (χ1n) is 12.2. The van der Waals surface area contributed by atoms with Crippen LogP contribution in [0.5, 0.6) is 0 Å². The lowest BCUT2D eigenvalue weighted by Crippen LogP contribution is -2.41. The van der Waals surface area contributed by atoms with Gasteiger partial charge >= 0.3 is 0 Å². The highest BCUT2D eigenvalue weighted by atomic mass is 32.2. The summed E-state index contributed by atoms with van der Waals surface area (Å²) in [6.45, 7) is 9.97. The minimum Gasteiger partial charge on any atom is -0.384 e. The molecular formula is C25H34N6O4S. The van der Waals surface area contributed by atoms with Crippen molar-refractivity contribution in [2.75, 3.05) is 30.3 Å². The molecule has 4 heterocycles. The number of nitrogens with zero attached hydrogens (tertiary/aromatic N) is 4. The lowest BCUT2D eigenvalue weighted by atomic mass is 9.92. The van der Waals surface area contributed by atoms with E-state index in [0.717, 1.165) is 25.0 Å². The molecule has 0 unspecified atom stereocenters. The molecule has 0 saturated carbocycles. The third-order valence-corrected chi connectivity index (χ3v) is 8.31. The van der Waals surface area contributed by atoms with E-state index in [1.807, 2.05) is 4.90 Å². The van der Waals surface area contributed by atoms with Gasteiger partial charge in [-0.2, -0.15) is 8.42 Å². The number of aromatic nitrogens is 2. The normalized spacial score (nSPS) is 20.4. The number of anilines is 2. The maximum absolute atomic E-state index is 13.3. The van der Waals surface area contributed by atoms with Crippen LogP contribution in [0.3, 0.4) is 0 Å². The van der Waals surface area contributed by atoms with Crippen LogP contribution < -0.4 is 15.4 Å². The van der Waals surface area contributed by atoms with Gasteiger partial charge in [0.05, 0.1) is 5.56 Å². The van der Waals surface area contributed by atoms with Crippen LogP contribution in [0.15, 0.2) is 35.4 Å². The highest BCUT2D eigenvalue weighted by Gasteiger charge is 2.39. The maximum Gasteiger partial charge on any atom is 0.281 e. The highest BCUT2D eigenvalue weighted by molar-refractivity contribution is 7.90. The van der Waals surface area contributed by atoms with Crippen LogP contribution in [0.2, 0.25) is 0 Å². The molecule has 0 bridgehead atoms. The number of sulfonamides is 1. The van der Waals surface area contributed by atoms with Crippen molar-refractivity contribution in [1.29, 1.82) is 0 Å². The van der Waals surface area contributed by atoms with E-state index in [1.54, 1.807) is 19.1 Å². The van der Waals surface area contributed by atoms with Crippen molar-refractivity contribution < 1.29 is 18.0 Å². The van der Waals surface area contributed by atoms with Gasteiger partial charge < -0.3 is 15.5 Å². The number of hydrogen-bond acceptors (Lipinski definition) is 8. The molecule has 2 saturated heterocycles. The summed E-state index contributed by atoms with van der Waals surface area (Å²) in [6.07, 6.45) is 2.49. The van der Waals surface area contributed by atoms with Gasteiger partial charge in [0.25, 0.3) is 15.9 Å². The van der Waals surface area contributed by atoms with Crippen molar-refractivity contribution in [3.63, 3.8) is 0 Å². The molecule has 2 aromatic heterocycles. The van der Waals surface area contributed by atoms with Gasteiger partial charge in [-0.25, -0.2) is 14.7 Å². The Morgan fingerprint density at radius 3 is 2.39 bits per heavy atom. The first-order chi connectivity index (χ1) is 16.9. The Balaban J connectivity index is 1.68. The van der Waals surface area contributed by atoms with Gasteiger partial charge in [0.2, 0.25) is 5.91 Å². The third-order valence-electron chi connectivity index (χ3n) is 7.08. The summed E-state index contributed by atoms with van der Waals surface area (Å²) in [5.74, 6) is 0.359. The summed E-state index contributed by atoms with van der Waals surface area (Å²) in [5, 5.41) is -0.325. The quantitative estimate of drug-likeness (QED) is 0.621. The largest absolute Gasteiger partial charge is 0.384 e. The number of carbonyl (C=O) groups excluding carboxylic acids is 2. The summed E-state index contributed by atoms with van der Waals surface area (Å²) in [7, 11) is -4.23. The van der Waals surface area contributed by atoms with Crippen LogP contribution in [0.1, 0.15) is 68.9 Å². The standard InChI is InChI=1S/C25H34N6O4S/c1-16-14-25(3,4)31(15-16)23-19(24(33)29-36(34,35)22-7-5-6-21(26)28-22)8-9-20(27-23)18-10-12-30(13-11-18)17(2)32/h5-9,16,18H,10-15H2,1-4H3,(H2,26,28)(H,29,33)/t16-/m0/s1. The van der Waals surface area contributed by atoms with Gasteiger partial charge in [-0.1, -0.05) is 13.0 Å². The Kier molecular flexibility index (Phi) is 6.96. The van der Waals surface area contributed by atoms with Crippen LogP contribution in [0, 0.1) is 5.92 Å². The van der Waals surface area contributed by atoms with Crippen LogP contribution in [0.4, 0.5) is 11.6 Å². The monoisotopic (exact) mass is 514 g/mol. The summed E-state index contributed by atoms with van der Waals surface area (Å²) in [5.41, 5.74) is 6.41. The molecule has 0 radical (unpaired) electrons. The molecule has 36 heavy (non-hydrogen) atoms. The minimum absolute atomic E-state index is 0.0423. The van der Waals surface area contributed by atoms with Gasteiger partial charge in [0.15, 0.2) is 5.03 Å². The molecule has 4 rings (SSSR count). The number of carbonyl (C=O) groups is 2. The fourth-order valence-corrected chi connectivity index (χ4v) is 6.27. The number of hydrogen-bond donors (Lipinski definition) is 2. The Morgan fingerprint density at radius 2 is 1.81 bits per heavy atom. The number of rotatable bonds is 5. The molecule has 2 aromatic rings. The lowest BCUT2D eigenvalue weighted by Gasteiger charge is -2.35. The van der Waals surface area contributed by atoms with Gasteiger partial charge in [-0.15, -0.1) is 0 Å². The summed E-state index contributed by atoms with van der Waals surface area (Å²) in [4.78, 5) is 37.8. The van der Waals surface area contributed by atoms with E-state index in [-0.39, 0.29) is 33.8 Å². The fraction of sp³-hybridized carbons (Fsp3) is 0.520. The number of nitrogens with one attached hydrogen (secondary N) is 1. The maximum atomic E-state index is 13.3. The molecule has 1 atom stereocenters.